The number of nitrogens with two attached hydrogens (primary N) is 1. The van der Waals surface area contributed by atoms with Crippen molar-refractivity contribution in [2.75, 3.05) is 12.5 Å². The second-order valence-electron chi connectivity index (χ2n) is 3.86. The Kier molecular flexibility index (Phi) is 2.64. The zero-order valence-electron chi connectivity index (χ0n) is 9.63. The lowest BCUT2D eigenvalue weighted by Gasteiger charge is -2.08. The molecule has 1 aromatic heterocycles. The molecule has 5 nitrogen and oxygen atoms in total. The first-order chi connectivity index (χ1) is 8.83. The Morgan fingerprint density at radius 3 is 3.00 bits per heavy atom. The average Bonchev–Trinajstić information content (AvgIpc) is 2.85. The molecule has 0 unspecified atom stereocenters. The van der Waals surface area contributed by atoms with Gasteiger partial charge < -0.3 is 19.9 Å². The molecule has 92 valence electrons. The molecule has 0 aliphatic carbocycles. The van der Waals surface area contributed by atoms with Crippen LogP contribution in [0, 0.1) is 0 Å². The highest BCUT2D eigenvalue weighted by Gasteiger charge is 2.13. The Labute approximate surface area is 104 Å². The summed E-state index contributed by atoms with van der Waals surface area (Å²) in [5, 5.41) is 0. The molecule has 0 spiro atoms. The predicted molar refractivity (Wildman–Crippen MR) is 65.5 cm³/mol. The molecule has 1 aliphatic rings. The van der Waals surface area contributed by atoms with Crippen LogP contribution < -0.4 is 19.9 Å². The number of rotatable bonds is 3. The zero-order chi connectivity index (χ0) is 12.4. The number of benzene rings is 1. The van der Waals surface area contributed by atoms with Crippen LogP contribution in [0.1, 0.15) is 5.56 Å². The summed E-state index contributed by atoms with van der Waals surface area (Å²) < 4.78 is 16.1. The van der Waals surface area contributed by atoms with Crippen LogP contribution in [-0.2, 0) is 6.61 Å². The van der Waals surface area contributed by atoms with Gasteiger partial charge in [-0.1, -0.05) is 6.07 Å². The molecule has 3 rings (SSSR count). The van der Waals surface area contributed by atoms with Crippen molar-refractivity contribution in [1.29, 1.82) is 0 Å². The van der Waals surface area contributed by atoms with Gasteiger partial charge in [0.2, 0.25) is 6.79 Å². The van der Waals surface area contributed by atoms with Crippen LogP contribution in [0.2, 0.25) is 0 Å². The van der Waals surface area contributed by atoms with Gasteiger partial charge in [0.05, 0.1) is 0 Å². The second-order valence-corrected chi connectivity index (χ2v) is 3.86. The fraction of sp³-hybridized carbons (Fsp3) is 0.154. The monoisotopic (exact) mass is 244 g/mol. The van der Waals surface area contributed by atoms with Gasteiger partial charge in [-0.25, -0.2) is 4.98 Å². The molecule has 0 atom stereocenters. The lowest BCUT2D eigenvalue weighted by atomic mass is 10.2. The Morgan fingerprint density at radius 1 is 1.22 bits per heavy atom. The topological polar surface area (TPSA) is 66.6 Å². The van der Waals surface area contributed by atoms with Crippen molar-refractivity contribution in [3.8, 4) is 17.2 Å². The number of nitrogens with zero attached hydrogens (tertiary/aromatic N) is 1. The van der Waals surface area contributed by atoms with Crippen LogP contribution in [-0.4, -0.2) is 11.8 Å². The highest BCUT2D eigenvalue weighted by Crippen LogP contribution is 2.32. The van der Waals surface area contributed by atoms with Gasteiger partial charge in [-0.2, -0.15) is 0 Å². The number of ether oxygens (including phenoxy) is 3. The van der Waals surface area contributed by atoms with Crippen molar-refractivity contribution in [3.05, 3.63) is 42.1 Å². The summed E-state index contributed by atoms with van der Waals surface area (Å²) in [7, 11) is 0. The van der Waals surface area contributed by atoms with Crippen LogP contribution in [0.25, 0.3) is 0 Å². The first kappa shape index (κ1) is 10.7. The van der Waals surface area contributed by atoms with E-state index in [1.54, 1.807) is 18.3 Å². The largest absolute Gasteiger partial charge is 0.485 e. The summed E-state index contributed by atoms with van der Waals surface area (Å²) in [5.74, 6) is 2.48. The van der Waals surface area contributed by atoms with Crippen molar-refractivity contribution in [1.82, 2.24) is 4.98 Å². The van der Waals surface area contributed by atoms with E-state index in [4.69, 9.17) is 19.9 Å². The van der Waals surface area contributed by atoms with E-state index in [1.807, 2.05) is 18.2 Å². The highest BCUT2D eigenvalue weighted by molar-refractivity contribution is 5.46. The molecular formula is C13H12N2O3. The maximum absolute atomic E-state index is 5.69. The van der Waals surface area contributed by atoms with Crippen molar-refractivity contribution in [3.63, 3.8) is 0 Å². The normalized spacial score (nSPS) is 12.4. The molecule has 0 saturated heterocycles. The maximum Gasteiger partial charge on any atom is 0.231 e. The van der Waals surface area contributed by atoms with Gasteiger partial charge in [0.1, 0.15) is 6.61 Å². The number of hydrogen-bond acceptors (Lipinski definition) is 5. The van der Waals surface area contributed by atoms with Crippen molar-refractivity contribution < 1.29 is 14.2 Å². The summed E-state index contributed by atoms with van der Waals surface area (Å²) in [6.07, 6.45) is 1.63. The third-order valence-electron chi connectivity index (χ3n) is 2.63. The molecule has 0 bridgehead atoms. The summed E-state index contributed by atoms with van der Waals surface area (Å²) in [5.41, 5.74) is 6.68. The van der Waals surface area contributed by atoms with Gasteiger partial charge in [0.15, 0.2) is 23.1 Å². The molecule has 0 saturated carbocycles. The van der Waals surface area contributed by atoms with Crippen LogP contribution in [0.4, 0.5) is 5.82 Å². The van der Waals surface area contributed by atoms with Gasteiger partial charge >= 0.3 is 0 Å². The van der Waals surface area contributed by atoms with Crippen LogP contribution >= 0.6 is 0 Å². The van der Waals surface area contributed by atoms with E-state index < -0.39 is 0 Å². The number of aromatic nitrogens is 1. The number of hydrogen-bond donors (Lipinski definition) is 1. The first-order valence-corrected chi connectivity index (χ1v) is 5.55. The molecule has 2 heterocycles. The summed E-state index contributed by atoms with van der Waals surface area (Å²) in [4.78, 5) is 3.96. The fourth-order valence-corrected chi connectivity index (χ4v) is 1.72. The summed E-state index contributed by atoms with van der Waals surface area (Å²) >= 11 is 0. The molecular weight excluding hydrogens is 232 g/mol. The Hall–Kier alpha value is -2.43. The van der Waals surface area contributed by atoms with E-state index in [9.17, 15) is 0 Å². The molecule has 18 heavy (non-hydrogen) atoms. The fourth-order valence-electron chi connectivity index (χ4n) is 1.72. The van der Waals surface area contributed by atoms with E-state index in [0.717, 1.165) is 17.1 Å². The number of fused-ring (bicyclic) bond motifs is 1. The van der Waals surface area contributed by atoms with Gasteiger partial charge in [-0.15, -0.1) is 0 Å². The first-order valence-electron chi connectivity index (χ1n) is 5.55. The smallest absolute Gasteiger partial charge is 0.231 e. The predicted octanol–water partition coefficient (Wildman–Crippen LogP) is 1.97. The van der Waals surface area contributed by atoms with E-state index in [2.05, 4.69) is 4.98 Å². The molecule has 0 amide bonds. The lowest BCUT2D eigenvalue weighted by molar-refractivity contribution is 0.174. The third-order valence-corrected chi connectivity index (χ3v) is 2.63. The van der Waals surface area contributed by atoms with Crippen LogP contribution in [0.15, 0.2) is 36.5 Å². The SMILES string of the molecule is Nc1ncccc1OCc1ccc2c(c1)OCO2. The quantitative estimate of drug-likeness (QED) is 0.894. The minimum Gasteiger partial charge on any atom is -0.485 e. The minimum atomic E-state index is 0.273. The number of nitrogen functional groups attached to an aromatic ring is 1. The molecule has 0 radical (unpaired) electrons. The standard InChI is InChI=1S/C13H12N2O3/c14-13-11(2-1-5-15-13)16-7-9-3-4-10-12(6-9)18-8-17-10/h1-6H,7-8H2,(H2,14,15). The number of anilines is 1. The summed E-state index contributed by atoms with van der Waals surface area (Å²) in [6, 6.07) is 9.27. The van der Waals surface area contributed by atoms with E-state index in [-0.39, 0.29) is 6.79 Å². The Morgan fingerprint density at radius 2 is 2.11 bits per heavy atom. The zero-order valence-corrected chi connectivity index (χ0v) is 9.63. The molecule has 0 fully saturated rings. The van der Waals surface area contributed by atoms with Gasteiger partial charge in [0.25, 0.3) is 0 Å². The van der Waals surface area contributed by atoms with E-state index >= 15 is 0 Å². The summed E-state index contributed by atoms with van der Waals surface area (Å²) in [6.45, 7) is 0.682. The molecule has 5 heteroatoms. The lowest BCUT2D eigenvalue weighted by Crippen LogP contribution is -2.00. The van der Waals surface area contributed by atoms with Crippen molar-refractivity contribution >= 4 is 5.82 Å². The van der Waals surface area contributed by atoms with Gasteiger partial charge in [0, 0.05) is 6.20 Å². The van der Waals surface area contributed by atoms with Crippen molar-refractivity contribution in [2.24, 2.45) is 0 Å². The average molecular weight is 244 g/mol. The molecule has 1 aromatic carbocycles. The van der Waals surface area contributed by atoms with Crippen LogP contribution in [0.5, 0.6) is 17.2 Å². The second kappa shape index (κ2) is 4.44. The maximum atomic E-state index is 5.69. The van der Waals surface area contributed by atoms with Crippen molar-refractivity contribution in [2.45, 2.75) is 6.61 Å². The number of pyridine rings is 1. The van der Waals surface area contributed by atoms with E-state index in [1.165, 1.54) is 0 Å². The van der Waals surface area contributed by atoms with Crippen LogP contribution in [0.3, 0.4) is 0 Å². The minimum absolute atomic E-state index is 0.273. The molecule has 2 aromatic rings. The Bertz CT molecular complexity index is 572. The Balaban J connectivity index is 1.72. The molecule has 1 aliphatic heterocycles. The molecule has 2 N–H and O–H groups in total. The highest BCUT2D eigenvalue weighted by atomic mass is 16.7. The van der Waals surface area contributed by atoms with Gasteiger partial charge in [-0.3, -0.25) is 0 Å². The van der Waals surface area contributed by atoms with Gasteiger partial charge in [-0.05, 0) is 29.8 Å². The third kappa shape index (κ3) is 2.02. The van der Waals surface area contributed by atoms with E-state index in [0.29, 0.717) is 18.2 Å².